The lowest BCUT2D eigenvalue weighted by molar-refractivity contribution is 0.769. The Morgan fingerprint density at radius 2 is 2.18 bits per heavy atom. The Kier molecular flexibility index (Phi) is 3.64. The van der Waals surface area contributed by atoms with E-state index in [2.05, 4.69) is 40.1 Å². The minimum Gasteiger partial charge on any atom is -0.330 e. The summed E-state index contributed by atoms with van der Waals surface area (Å²) in [5, 5.41) is 4.54. The third kappa shape index (κ3) is 2.58. The average molecular weight is 294 g/mol. The van der Waals surface area contributed by atoms with Crippen LogP contribution in [0.3, 0.4) is 0 Å². The molecule has 0 saturated carbocycles. The van der Waals surface area contributed by atoms with Crippen LogP contribution in [0.1, 0.15) is 11.1 Å². The van der Waals surface area contributed by atoms with Gasteiger partial charge in [-0.3, -0.25) is 4.68 Å². The fourth-order valence-electron chi connectivity index (χ4n) is 1.95. The summed E-state index contributed by atoms with van der Waals surface area (Å²) in [4.78, 5) is 0. The van der Waals surface area contributed by atoms with Crippen LogP contribution >= 0.6 is 15.9 Å². The summed E-state index contributed by atoms with van der Waals surface area (Å²) in [7, 11) is 1.94. The number of halogens is 1. The van der Waals surface area contributed by atoms with E-state index in [1.807, 2.05) is 24.0 Å². The molecule has 0 bridgehead atoms. The fourth-order valence-corrected chi connectivity index (χ4v) is 2.31. The maximum Gasteiger partial charge on any atom is 0.0958 e. The Bertz CT molecular complexity index is 531. The molecular formula is C13H16BrN3. The average Bonchev–Trinajstić information content (AvgIpc) is 2.64. The van der Waals surface area contributed by atoms with Crippen LogP contribution in [0.2, 0.25) is 0 Å². The van der Waals surface area contributed by atoms with Gasteiger partial charge in [-0.25, -0.2) is 0 Å². The zero-order chi connectivity index (χ0) is 12.4. The molecule has 2 aromatic rings. The molecule has 0 amide bonds. The first kappa shape index (κ1) is 12.3. The van der Waals surface area contributed by atoms with Gasteiger partial charge in [0, 0.05) is 23.3 Å². The molecule has 4 heteroatoms. The molecule has 0 aliphatic heterocycles. The van der Waals surface area contributed by atoms with Crippen LogP contribution < -0.4 is 5.73 Å². The number of hydrogen-bond acceptors (Lipinski definition) is 2. The summed E-state index contributed by atoms with van der Waals surface area (Å²) in [5.41, 5.74) is 10.3. The van der Waals surface area contributed by atoms with Crippen molar-refractivity contribution in [3.8, 4) is 11.3 Å². The summed E-state index contributed by atoms with van der Waals surface area (Å²) >= 11 is 3.50. The quantitative estimate of drug-likeness (QED) is 0.945. The number of rotatable bonds is 3. The van der Waals surface area contributed by atoms with Crippen LogP contribution in [0.15, 0.2) is 28.9 Å². The third-order valence-electron chi connectivity index (χ3n) is 2.77. The molecule has 2 rings (SSSR count). The van der Waals surface area contributed by atoms with Crippen LogP contribution in [0.25, 0.3) is 11.3 Å². The van der Waals surface area contributed by atoms with Crippen molar-refractivity contribution in [1.29, 1.82) is 0 Å². The highest BCUT2D eigenvalue weighted by Gasteiger charge is 2.12. The smallest absolute Gasteiger partial charge is 0.0958 e. The molecule has 0 atom stereocenters. The first-order chi connectivity index (χ1) is 8.11. The van der Waals surface area contributed by atoms with Gasteiger partial charge in [0.25, 0.3) is 0 Å². The van der Waals surface area contributed by atoms with Gasteiger partial charge in [0.05, 0.1) is 5.69 Å². The van der Waals surface area contributed by atoms with E-state index in [1.54, 1.807) is 0 Å². The molecule has 0 aliphatic rings. The Hall–Kier alpha value is -1.13. The lowest BCUT2D eigenvalue weighted by atomic mass is 10.0. The summed E-state index contributed by atoms with van der Waals surface area (Å²) in [6, 6.07) is 6.25. The van der Waals surface area contributed by atoms with E-state index in [1.165, 1.54) is 16.7 Å². The van der Waals surface area contributed by atoms with E-state index in [-0.39, 0.29) is 0 Å². The first-order valence-electron chi connectivity index (χ1n) is 5.61. The van der Waals surface area contributed by atoms with Gasteiger partial charge in [-0.1, -0.05) is 22.0 Å². The molecule has 90 valence electrons. The summed E-state index contributed by atoms with van der Waals surface area (Å²) < 4.78 is 2.92. The van der Waals surface area contributed by atoms with Gasteiger partial charge < -0.3 is 5.73 Å². The lowest BCUT2D eigenvalue weighted by Gasteiger charge is -2.06. The van der Waals surface area contributed by atoms with E-state index < -0.39 is 0 Å². The minimum absolute atomic E-state index is 0.645. The number of hydrogen-bond donors (Lipinski definition) is 1. The number of benzene rings is 1. The molecule has 1 aromatic heterocycles. The van der Waals surface area contributed by atoms with Gasteiger partial charge in [0.2, 0.25) is 0 Å². The molecule has 17 heavy (non-hydrogen) atoms. The van der Waals surface area contributed by atoms with Crippen LogP contribution in [-0.2, 0) is 13.5 Å². The monoisotopic (exact) mass is 293 g/mol. The fraction of sp³-hybridized carbons (Fsp3) is 0.308. The molecule has 0 saturated heterocycles. The molecule has 0 radical (unpaired) electrons. The van der Waals surface area contributed by atoms with Crippen molar-refractivity contribution in [3.05, 3.63) is 40.0 Å². The highest BCUT2D eigenvalue weighted by molar-refractivity contribution is 9.10. The Morgan fingerprint density at radius 1 is 1.41 bits per heavy atom. The predicted octanol–water partition coefficient (Wildman–Crippen LogP) is 2.66. The van der Waals surface area contributed by atoms with E-state index in [9.17, 15) is 0 Å². The topological polar surface area (TPSA) is 43.8 Å². The number of aryl methyl sites for hydroxylation is 2. The van der Waals surface area contributed by atoms with Gasteiger partial charge in [-0.2, -0.15) is 5.10 Å². The summed E-state index contributed by atoms with van der Waals surface area (Å²) in [6.45, 7) is 2.74. The van der Waals surface area contributed by atoms with E-state index >= 15 is 0 Å². The second kappa shape index (κ2) is 5.02. The maximum atomic E-state index is 5.64. The molecule has 0 fully saturated rings. The predicted molar refractivity (Wildman–Crippen MR) is 73.8 cm³/mol. The molecule has 1 heterocycles. The summed E-state index contributed by atoms with van der Waals surface area (Å²) in [5.74, 6) is 0. The number of nitrogens with zero attached hydrogens (tertiary/aromatic N) is 2. The second-order valence-electron chi connectivity index (χ2n) is 4.17. The third-order valence-corrected chi connectivity index (χ3v) is 3.27. The van der Waals surface area contributed by atoms with Crippen molar-refractivity contribution < 1.29 is 0 Å². The van der Waals surface area contributed by atoms with Crippen LogP contribution in [0.4, 0.5) is 0 Å². The Balaban J connectivity index is 2.55. The van der Waals surface area contributed by atoms with Crippen molar-refractivity contribution >= 4 is 15.9 Å². The van der Waals surface area contributed by atoms with E-state index in [4.69, 9.17) is 5.73 Å². The highest BCUT2D eigenvalue weighted by Crippen LogP contribution is 2.28. The van der Waals surface area contributed by atoms with Crippen molar-refractivity contribution in [1.82, 2.24) is 9.78 Å². The Morgan fingerprint density at radius 3 is 2.88 bits per heavy atom. The maximum absolute atomic E-state index is 5.64. The lowest BCUT2D eigenvalue weighted by Crippen LogP contribution is -2.03. The molecule has 0 spiro atoms. The van der Waals surface area contributed by atoms with Gasteiger partial charge in [-0.15, -0.1) is 0 Å². The van der Waals surface area contributed by atoms with Crippen LogP contribution in [0, 0.1) is 6.92 Å². The highest BCUT2D eigenvalue weighted by atomic mass is 79.9. The molecule has 3 nitrogen and oxygen atoms in total. The van der Waals surface area contributed by atoms with Gasteiger partial charge in [0.15, 0.2) is 0 Å². The van der Waals surface area contributed by atoms with Gasteiger partial charge >= 0.3 is 0 Å². The number of nitrogens with two attached hydrogens (primary N) is 1. The van der Waals surface area contributed by atoms with E-state index in [0.29, 0.717) is 6.54 Å². The minimum atomic E-state index is 0.645. The van der Waals surface area contributed by atoms with Crippen LogP contribution in [0.5, 0.6) is 0 Å². The van der Waals surface area contributed by atoms with Gasteiger partial charge in [0.1, 0.15) is 0 Å². The standard InChI is InChI=1S/C13H16BrN3/c1-9-3-4-11(14)7-12(9)13-10(5-6-15)8-17(2)16-13/h3-4,7-8H,5-6,15H2,1-2H3. The molecule has 0 aliphatic carbocycles. The first-order valence-corrected chi connectivity index (χ1v) is 6.40. The zero-order valence-corrected chi connectivity index (χ0v) is 11.7. The molecule has 0 unspecified atom stereocenters. The molecule has 1 aromatic carbocycles. The molecular weight excluding hydrogens is 278 g/mol. The van der Waals surface area contributed by atoms with E-state index in [0.717, 1.165) is 16.6 Å². The van der Waals surface area contributed by atoms with Gasteiger partial charge in [-0.05, 0) is 43.1 Å². The van der Waals surface area contributed by atoms with Crippen molar-refractivity contribution in [2.45, 2.75) is 13.3 Å². The zero-order valence-electron chi connectivity index (χ0n) is 10.1. The summed E-state index contributed by atoms with van der Waals surface area (Å²) in [6.07, 6.45) is 2.90. The van der Waals surface area contributed by atoms with Crippen molar-refractivity contribution in [2.75, 3.05) is 6.54 Å². The SMILES string of the molecule is Cc1ccc(Br)cc1-c1nn(C)cc1CCN. The van der Waals surface area contributed by atoms with Crippen molar-refractivity contribution in [3.63, 3.8) is 0 Å². The van der Waals surface area contributed by atoms with Crippen LogP contribution in [-0.4, -0.2) is 16.3 Å². The second-order valence-corrected chi connectivity index (χ2v) is 5.09. The van der Waals surface area contributed by atoms with Crippen molar-refractivity contribution in [2.24, 2.45) is 12.8 Å². The Labute approximate surface area is 110 Å². The number of aromatic nitrogens is 2. The largest absolute Gasteiger partial charge is 0.330 e. The molecule has 2 N–H and O–H groups in total. The normalized spacial score (nSPS) is 10.8.